The number of nitrogens with one attached hydrogen (secondary N) is 2. The summed E-state index contributed by atoms with van der Waals surface area (Å²) in [6.45, 7) is 3.25. The molecule has 1 aromatic rings. The lowest BCUT2D eigenvalue weighted by Gasteiger charge is -2.34. The van der Waals surface area contributed by atoms with Crippen LogP contribution in [0.2, 0.25) is 0 Å². The first-order chi connectivity index (χ1) is 9.22. The zero-order valence-corrected chi connectivity index (χ0v) is 11.1. The van der Waals surface area contributed by atoms with Gasteiger partial charge in [-0.25, -0.2) is 0 Å². The van der Waals surface area contributed by atoms with Crippen molar-refractivity contribution < 1.29 is 9.59 Å². The summed E-state index contributed by atoms with van der Waals surface area (Å²) in [5, 5.41) is 5.87. The van der Waals surface area contributed by atoms with Crippen LogP contribution in [0.1, 0.15) is 13.3 Å². The van der Waals surface area contributed by atoms with Crippen molar-refractivity contribution in [2.45, 2.75) is 19.4 Å². The Kier molecular flexibility index (Phi) is 4.39. The second kappa shape index (κ2) is 6.22. The fourth-order valence-corrected chi connectivity index (χ4v) is 2.25. The molecule has 19 heavy (non-hydrogen) atoms. The van der Waals surface area contributed by atoms with E-state index < -0.39 is 0 Å². The summed E-state index contributed by atoms with van der Waals surface area (Å²) in [6, 6.07) is 9.24. The van der Waals surface area contributed by atoms with Gasteiger partial charge in [0.2, 0.25) is 11.8 Å². The molecule has 1 aliphatic rings. The molecule has 5 heteroatoms. The Bertz CT molecular complexity index is 447. The van der Waals surface area contributed by atoms with Crippen LogP contribution in [0.25, 0.3) is 0 Å². The van der Waals surface area contributed by atoms with Crippen LogP contribution in [0, 0.1) is 0 Å². The largest absolute Gasteiger partial charge is 0.376 e. The molecule has 0 aromatic heterocycles. The smallest absolute Gasteiger partial charge is 0.242 e. The van der Waals surface area contributed by atoms with E-state index >= 15 is 0 Å². The van der Waals surface area contributed by atoms with E-state index in [4.69, 9.17) is 0 Å². The van der Waals surface area contributed by atoms with Gasteiger partial charge < -0.3 is 15.5 Å². The lowest BCUT2D eigenvalue weighted by molar-refractivity contribution is -0.142. The second-order valence-electron chi connectivity index (χ2n) is 4.52. The Hall–Kier alpha value is -2.04. The van der Waals surface area contributed by atoms with Crippen LogP contribution in [0.3, 0.4) is 0 Å². The minimum absolute atomic E-state index is 0.0365. The van der Waals surface area contributed by atoms with Crippen molar-refractivity contribution in [2.75, 3.05) is 25.0 Å². The van der Waals surface area contributed by atoms with Gasteiger partial charge in [-0.2, -0.15) is 0 Å². The van der Waals surface area contributed by atoms with E-state index in [-0.39, 0.29) is 24.4 Å². The van der Waals surface area contributed by atoms with E-state index in [2.05, 4.69) is 10.6 Å². The van der Waals surface area contributed by atoms with E-state index in [9.17, 15) is 9.59 Å². The topological polar surface area (TPSA) is 61.4 Å². The molecule has 0 bridgehead atoms. The highest BCUT2D eigenvalue weighted by Crippen LogP contribution is 2.10. The van der Waals surface area contributed by atoms with E-state index in [1.807, 2.05) is 37.3 Å². The predicted octanol–water partition coefficient (Wildman–Crippen LogP) is 0.835. The highest BCUT2D eigenvalue weighted by Gasteiger charge is 2.31. The highest BCUT2D eigenvalue weighted by atomic mass is 16.2. The fraction of sp³-hybridized carbons (Fsp3) is 0.429. The molecule has 1 unspecified atom stereocenters. The maximum Gasteiger partial charge on any atom is 0.242 e. The van der Waals surface area contributed by atoms with Gasteiger partial charge in [0.25, 0.3) is 0 Å². The zero-order valence-electron chi connectivity index (χ0n) is 11.1. The first-order valence-corrected chi connectivity index (χ1v) is 6.58. The van der Waals surface area contributed by atoms with Crippen molar-refractivity contribution in [1.82, 2.24) is 10.2 Å². The summed E-state index contributed by atoms with van der Waals surface area (Å²) in [6.07, 6.45) is 0.642. The molecule has 5 nitrogen and oxygen atoms in total. The molecular weight excluding hydrogens is 242 g/mol. The third-order valence-corrected chi connectivity index (χ3v) is 3.26. The SMILES string of the molecule is CCC1C(=O)NCCN1C(=O)CNc1ccccc1. The third kappa shape index (κ3) is 3.24. The number of carbonyl (C=O) groups excluding carboxylic acids is 2. The Morgan fingerprint density at radius 2 is 2.16 bits per heavy atom. The fourth-order valence-electron chi connectivity index (χ4n) is 2.25. The van der Waals surface area contributed by atoms with E-state index in [0.717, 1.165) is 5.69 Å². The number of benzene rings is 1. The number of hydrogen-bond donors (Lipinski definition) is 2. The maximum atomic E-state index is 12.2. The molecule has 2 amide bonds. The lowest BCUT2D eigenvalue weighted by Crippen LogP contribution is -2.57. The van der Waals surface area contributed by atoms with Gasteiger partial charge in [-0.1, -0.05) is 25.1 Å². The molecule has 0 saturated carbocycles. The maximum absolute atomic E-state index is 12.2. The summed E-state index contributed by atoms with van der Waals surface area (Å²) in [7, 11) is 0. The van der Waals surface area contributed by atoms with E-state index in [0.29, 0.717) is 19.5 Å². The molecule has 2 rings (SSSR count). The molecule has 1 saturated heterocycles. The quantitative estimate of drug-likeness (QED) is 0.844. The van der Waals surface area contributed by atoms with Crippen LogP contribution < -0.4 is 10.6 Å². The van der Waals surface area contributed by atoms with Crippen LogP contribution >= 0.6 is 0 Å². The minimum atomic E-state index is -0.334. The van der Waals surface area contributed by atoms with Crippen LogP contribution in [0.4, 0.5) is 5.69 Å². The van der Waals surface area contributed by atoms with Gasteiger partial charge in [0.1, 0.15) is 6.04 Å². The summed E-state index contributed by atoms with van der Waals surface area (Å²) in [5.74, 6) is -0.0904. The summed E-state index contributed by atoms with van der Waals surface area (Å²) in [4.78, 5) is 25.5. The van der Waals surface area contributed by atoms with Crippen molar-refractivity contribution >= 4 is 17.5 Å². The number of piperazine rings is 1. The van der Waals surface area contributed by atoms with Gasteiger partial charge in [-0.05, 0) is 18.6 Å². The average molecular weight is 261 g/mol. The first kappa shape index (κ1) is 13.4. The number of carbonyl (C=O) groups is 2. The number of nitrogens with zero attached hydrogens (tertiary/aromatic N) is 1. The van der Waals surface area contributed by atoms with Gasteiger partial charge in [-0.15, -0.1) is 0 Å². The Labute approximate surface area is 113 Å². The third-order valence-electron chi connectivity index (χ3n) is 3.26. The number of amides is 2. The predicted molar refractivity (Wildman–Crippen MR) is 73.7 cm³/mol. The van der Waals surface area contributed by atoms with Crippen LogP contribution in [0.15, 0.2) is 30.3 Å². The standard InChI is InChI=1S/C14H19N3O2/c1-2-12-14(19)15-8-9-17(12)13(18)10-16-11-6-4-3-5-7-11/h3-7,12,16H,2,8-10H2,1H3,(H,15,19). The summed E-state index contributed by atoms with van der Waals surface area (Å²) >= 11 is 0. The molecule has 1 fully saturated rings. The Morgan fingerprint density at radius 1 is 1.42 bits per heavy atom. The van der Waals surface area contributed by atoms with Crippen molar-refractivity contribution in [1.29, 1.82) is 0 Å². The number of hydrogen-bond acceptors (Lipinski definition) is 3. The summed E-state index contributed by atoms with van der Waals surface area (Å²) < 4.78 is 0. The van der Waals surface area contributed by atoms with Gasteiger partial charge in [0.05, 0.1) is 6.54 Å². The van der Waals surface area contributed by atoms with Crippen molar-refractivity contribution in [3.8, 4) is 0 Å². The molecule has 1 atom stereocenters. The number of anilines is 1. The van der Waals surface area contributed by atoms with Gasteiger partial charge >= 0.3 is 0 Å². The van der Waals surface area contributed by atoms with Crippen molar-refractivity contribution in [3.63, 3.8) is 0 Å². The second-order valence-corrected chi connectivity index (χ2v) is 4.52. The molecular formula is C14H19N3O2. The molecule has 0 aliphatic carbocycles. The molecule has 1 aromatic carbocycles. The Morgan fingerprint density at radius 3 is 2.84 bits per heavy atom. The van der Waals surface area contributed by atoms with Crippen LogP contribution in [0.5, 0.6) is 0 Å². The summed E-state index contributed by atoms with van der Waals surface area (Å²) in [5.41, 5.74) is 0.908. The molecule has 2 N–H and O–H groups in total. The van der Waals surface area contributed by atoms with E-state index in [1.165, 1.54) is 0 Å². The van der Waals surface area contributed by atoms with E-state index in [1.54, 1.807) is 4.90 Å². The molecule has 1 aliphatic heterocycles. The molecule has 0 spiro atoms. The number of rotatable bonds is 4. The van der Waals surface area contributed by atoms with Crippen molar-refractivity contribution in [2.24, 2.45) is 0 Å². The molecule has 0 radical (unpaired) electrons. The number of para-hydroxylation sites is 1. The molecule has 102 valence electrons. The molecule has 1 heterocycles. The Balaban J connectivity index is 1.93. The van der Waals surface area contributed by atoms with Gasteiger partial charge in [-0.3, -0.25) is 9.59 Å². The van der Waals surface area contributed by atoms with Gasteiger partial charge in [0, 0.05) is 18.8 Å². The van der Waals surface area contributed by atoms with Gasteiger partial charge in [0.15, 0.2) is 0 Å². The minimum Gasteiger partial charge on any atom is -0.376 e. The highest BCUT2D eigenvalue weighted by molar-refractivity contribution is 5.90. The zero-order chi connectivity index (χ0) is 13.7. The normalized spacial score (nSPS) is 18.9. The first-order valence-electron chi connectivity index (χ1n) is 6.58. The van der Waals surface area contributed by atoms with Crippen LogP contribution in [-0.2, 0) is 9.59 Å². The van der Waals surface area contributed by atoms with Crippen molar-refractivity contribution in [3.05, 3.63) is 30.3 Å². The van der Waals surface area contributed by atoms with Crippen LogP contribution in [-0.4, -0.2) is 42.4 Å². The lowest BCUT2D eigenvalue weighted by atomic mass is 10.1. The monoisotopic (exact) mass is 261 g/mol. The average Bonchev–Trinajstić information content (AvgIpc) is 2.45.